The lowest BCUT2D eigenvalue weighted by molar-refractivity contribution is -0.138. The van der Waals surface area contributed by atoms with Crippen molar-refractivity contribution in [3.8, 4) is 5.75 Å². The SMILES string of the molecule is O=C(O)CN1CCN(C(=O)c2cncc(O)c2)CC1. The van der Waals surface area contributed by atoms with Crippen molar-refractivity contribution in [1.82, 2.24) is 14.8 Å². The van der Waals surface area contributed by atoms with Crippen molar-refractivity contribution in [2.75, 3.05) is 32.7 Å². The first-order valence-corrected chi connectivity index (χ1v) is 5.93. The average molecular weight is 265 g/mol. The number of amides is 1. The van der Waals surface area contributed by atoms with Crippen molar-refractivity contribution in [3.05, 3.63) is 24.0 Å². The molecule has 1 saturated heterocycles. The van der Waals surface area contributed by atoms with Crippen LogP contribution in [0, 0.1) is 0 Å². The third-order valence-corrected chi connectivity index (χ3v) is 2.99. The molecule has 0 aromatic carbocycles. The van der Waals surface area contributed by atoms with Crippen molar-refractivity contribution >= 4 is 11.9 Å². The van der Waals surface area contributed by atoms with Gasteiger partial charge in [0.05, 0.1) is 18.3 Å². The smallest absolute Gasteiger partial charge is 0.317 e. The summed E-state index contributed by atoms with van der Waals surface area (Å²) in [5.41, 5.74) is 0.340. The minimum atomic E-state index is -0.864. The van der Waals surface area contributed by atoms with E-state index in [4.69, 9.17) is 5.11 Å². The van der Waals surface area contributed by atoms with Gasteiger partial charge in [-0.05, 0) is 6.07 Å². The number of pyridine rings is 1. The molecule has 0 radical (unpaired) electrons. The summed E-state index contributed by atoms with van der Waals surface area (Å²) in [6.07, 6.45) is 2.67. The van der Waals surface area contributed by atoms with E-state index in [1.807, 2.05) is 0 Å². The summed E-state index contributed by atoms with van der Waals surface area (Å²) in [5.74, 6) is -1.11. The molecule has 0 unspecified atom stereocenters. The van der Waals surface area contributed by atoms with E-state index >= 15 is 0 Å². The van der Waals surface area contributed by atoms with Gasteiger partial charge in [-0.1, -0.05) is 0 Å². The number of aromatic nitrogens is 1. The number of carbonyl (C=O) groups is 2. The molecule has 19 heavy (non-hydrogen) atoms. The number of piperazine rings is 1. The predicted molar refractivity (Wildman–Crippen MR) is 65.9 cm³/mol. The number of carboxylic acid groups (broad SMARTS) is 1. The molecule has 2 rings (SSSR count). The van der Waals surface area contributed by atoms with E-state index in [-0.39, 0.29) is 18.2 Å². The van der Waals surface area contributed by atoms with Gasteiger partial charge in [-0.3, -0.25) is 19.5 Å². The predicted octanol–water partition coefficient (Wildman–Crippen LogP) is -0.370. The second-order valence-electron chi connectivity index (χ2n) is 4.39. The number of hydrogen-bond acceptors (Lipinski definition) is 5. The molecule has 0 spiro atoms. The van der Waals surface area contributed by atoms with E-state index in [0.29, 0.717) is 31.7 Å². The molecule has 0 aliphatic carbocycles. The van der Waals surface area contributed by atoms with Gasteiger partial charge in [0.15, 0.2) is 0 Å². The molecule has 7 heteroatoms. The minimum Gasteiger partial charge on any atom is -0.506 e. The van der Waals surface area contributed by atoms with E-state index in [1.54, 1.807) is 9.80 Å². The molecule has 0 bridgehead atoms. The van der Waals surface area contributed by atoms with Crippen LogP contribution in [0.1, 0.15) is 10.4 Å². The van der Waals surface area contributed by atoms with Gasteiger partial charge in [0.25, 0.3) is 5.91 Å². The Kier molecular flexibility index (Phi) is 3.96. The number of rotatable bonds is 3. The minimum absolute atomic E-state index is 0.00425. The summed E-state index contributed by atoms with van der Waals surface area (Å²) >= 11 is 0. The van der Waals surface area contributed by atoms with Gasteiger partial charge in [0, 0.05) is 32.4 Å². The molecule has 0 atom stereocenters. The first kappa shape index (κ1) is 13.3. The van der Waals surface area contributed by atoms with E-state index in [1.165, 1.54) is 18.5 Å². The lowest BCUT2D eigenvalue weighted by atomic mass is 10.2. The molecule has 1 fully saturated rings. The standard InChI is InChI=1S/C12H15N3O4/c16-10-5-9(6-13-7-10)12(19)15-3-1-14(2-4-15)8-11(17)18/h5-7,16H,1-4,8H2,(H,17,18). The van der Waals surface area contributed by atoms with Crippen LogP contribution in [-0.2, 0) is 4.79 Å². The summed E-state index contributed by atoms with van der Waals surface area (Å²) in [6, 6.07) is 1.37. The molecule has 102 valence electrons. The summed E-state index contributed by atoms with van der Waals surface area (Å²) < 4.78 is 0. The summed E-state index contributed by atoms with van der Waals surface area (Å²) in [6.45, 7) is 2.01. The molecule has 1 aliphatic heterocycles. The summed E-state index contributed by atoms with van der Waals surface area (Å²) in [4.78, 5) is 29.9. The van der Waals surface area contributed by atoms with Crippen LogP contribution in [0.2, 0.25) is 0 Å². The maximum absolute atomic E-state index is 12.1. The molecule has 2 heterocycles. The van der Waals surface area contributed by atoms with Gasteiger partial charge in [-0.25, -0.2) is 0 Å². The van der Waals surface area contributed by atoms with Crippen LogP contribution in [-0.4, -0.2) is 69.6 Å². The molecular weight excluding hydrogens is 250 g/mol. The van der Waals surface area contributed by atoms with Crippen molar-refractivity contribution in [2.24, 2.45) is 0 Å². The molecular formula is C12H15N3O4. The summed E-state index contributed by atoms with van der Waals surface area (Å²) in [5, 5.41) is 18.0. The van der Waals surface area contributed by atoms with Gasteiger partial charge in [-0.15, -0.1) is 0 Å². The number of hydrogen-bond donors (Lipinski definition) is 2. The molecule has 7 nitrogen and oxygen atoms in total. The highest BCUT2D eigenvalue weighted by atomic mass is 16.4. The first-order valence-electron chi connectivity index (χ1n) is 5.93. The van der Waals surface area contributed by atoms with Gasteiger partial charge in [0.1, 0.15) is 5.75 Å². The fraction of sp³-hybridized carbons (Fsp3) is 0.417. The van der Waals surface area contributed by atoms with Crippen molar-refractivity contribution in [2.45, 2.75) is 0 Å². The Morgan fingerprint density at radius 3 is 2.47 bits per heavy atom. The lowest BCUT2D eigenvalue weighted by Crippen LogP contribution is -2.49. The van der Waals surface area contributed by atoms with Gasteiger partial charge >= 0.3 is 5.97 Å². The Bertz CT molecular complexity index is 484. The Morgan fingerprint density at radius 2 is 1.89 bits per heavy atom. The lowest BCUT2D eigenvalue weighted by Gasteiger charge is -2.33. The normalized spacial score (nSPS) is 16.3. The second kappa shape index (κ2) is 5.66. The highest BCUT2D eigenvalue weighted by molar-refractivity contribution is 5.94. The highest BCUT2D eigenvalue weighted by Crippen LogP contribution is 2.12. The van der Waals surface area contributed by atoms with Crippen LogP contribution < -0.4 is 0 Å². The quantitative estimate of drug-likeness (QED) is 0.774. The summed E-state index contributed by atoms with van der Waals surface area (Å²) in [7, 11) is 0. The number of aromatic hydroxyl groups is 1. The third kappa shape index (κ3) is 3.41. The van der Waals surface area contributed by atoms with Gasteiger partial charge in [0.2, 0.25) is 0 Å². The zero-order chi connectivity index (χ0) is 13.8. The number of nitrogens with zero attached hydrogens (tertiary/aromatic N) is 3. The molecule has 1 aromatic rings. The number of aliphatic carboxylic acids is 1. The molecule has 0 saturated carbocycles. The zero-order valence-electron chi connectivity index (χ0n) is 10.3. The third-order valence-electron chi connectivity index (χ3n) is 2.99. The van der Waals surface area contributed by atoms with Crippen LogP contribution in [0.4, 0.5) is 0 Å². The highest BCUT2D eigenvalue weighted by Gasteiger charge is 2.23. The fourth-order valence-electron chi connectivity index (χ4n) is 2.03. The van der Waals surface area contributed by atoms with Crippen molar-refractivity contribution in [3.63, 3.8) is 0 Å². The van der Waals surface area contributed by atoms with Gasteiger partial charge < -0.3 is 15.1 Å². The molecule has 1 aromatic heterocycles. The Hall–Kier alpha value is -2.15. The average Bonchev–Trinajstić information content (AvgIpc) is 2.38. The van der Waals surface area contributed by atoms with Crippen LogP contribution >= 0.6 is 0 Å². The number of carbonyl (C=O) groups excluding carboxylic acids is 1. The fourth-order valence-corrected chi connectivity index (χ4v) is 2.03. The van der Waals surface area contributed by atoms with Crippen molar-refractivity contribution < 1.29 is 19.8 Å². The maximum Gasteiger partial charge on any atom is 0.317 e. The van der Waals surface area contributed by atoms with Crippen LogP contribution in [0.5, 0.6) is 5.75 Å². The number of carboxylic acids is 1. The largest absolute Gasteiger partial charge is 0.506 e. The van der Waals surface area contributed by atoms with Gasteiger partial charge in [-0.2, -0.15) is 0 Å². The second-order valence-corrected chi connectivity index (χ2v) is 4.39. The van der Waals surface area contributed by atoms with Crippen LogP contribution in [0.15, 0.2) is 18.5 Å². The monoisotopic (exact) mass is 265 g/mol. The van der Waals surface area contributed by atoms with Crippen LogP contribution in [0.25, 0.3) is 0 Å². The Balaban J connectivity index is 1.94. The Labute approximate surface area is 110 Å². The Morgan fingerprint density at radius 1 is 1.21 bits per heavy atom. The molecule has 1 amide bonds. The molecule has 1 aliphatic rings. The van der Waals surface area contributed by atoms with E-state index in [0.717, 1.165) is 0 Å². The molecule has 2 N–H and O–H groups in total. The van der Waals surface area contributed by atoms with Crippen LogP contribution in [0.3, 0.4) is 0 Å². The van der Waals surface area contributed by atoms with E-state index in [2.05, 4.69) is 4.98 Å². The van der Waals surface area contributed by atoms with Crippen molar-refractivity contribution in [1.29, 1.82) is 0 Å². The van der Waals surface area contributed by atoms with E-state index < -0.39 is 5.97 Å². The topological polar surface area (TPSA) is 94.0 Å². The maximum atomic E-state index is 12.1. The first-order chi connectivity index (χ1) is 9.06. The van der Waals surface area contributed by atoms with E-state index in [9.17, 15) is 14.7 Å². The zero-order valence-corrected chi connectivity index (χ0v) is 10.3.